The molecule has 1 aromatic carbocycles. The Morgan fingerprint density at radius 3 is 2.77 bits per heavy atom. The van der Waals surface area contributed by atoms with Crippen molar-refractivity contribution < 1.29 is 14.3 Å². The zero-order chi connectivity index (χ0) is 21.0. The van der Waals surface area contributed by atoms with E-state index in [9.17, 15) is 14.0 Å². The van der Waals surface area contributed by atoms with E-state index < -0.39 is 11.5 Å². The number of rotatable bonds is 5. The maximum atomic E-state index is 13.8. The van der Waals surface area contributed by atoms with Crippen LogP contribution in [0.3, 0.4) is 0 Å². The summed E-state index contributed by atoms with van der Waals surface area (Å²) in [5.41, 5.74) is 1.67. The van der Waals surface area contributed by atoms with Crippen LogP contribution in [0.2, 0.25) is 0 Å². The van der Waals surface area contributed by atoms with Gasteiger partial charge in [0.2, 0.25) is 5.95 Å². The van der Waals surface area contributed by atoms with Gasteiger partial charge in [0.1, 0.15) is 11.3 Å². The lowest BCUT2D eigenvalue weighted by Gasteiger charge is -2.19. The lowest BCUT2D eigenvalue weighted by Crippen LogP contribution is -2.21. The second kappa shape index (κ2) is 6.61. The number of halogens is 1. The van der Waals surface area contributed by atoms with Crippen LogP contribution in [0.15, 0.2) is 41.6 Å². The normalized spacial score (nSPS) is 14.9. The third kappa shape index (κ3) is 2.97. The molecule has 0 aliphatic heterocycles. The molecule has 0 radical (unpaired) electrons. The first-order valence-corrected chi connectivity index (χ1v) is 9.44. The van der Waals surface area contributed by atoms with Gasteiger partial charge in [0, 0.05) is 6.20 Å². The molecular formula is C20H17FN6O3. The number of nitrogens with one attached hydrogen (secondary N) is 1. The van der Waals surface area contributed by atoms with Gasteiger partial charge in [0.25, 0.3) is 5.56 Å². The summed E-state index contributed by atoms with van der Waals surface area (Å²) in [7, 11) is 0. The number of carboxylic acid groups (broad SMARTS) is 1. The van der Waals surface area contributed by atoms with Crippen molar-refractivity contribution in [3.05, 3.63) is 69.7 Å². The third-order valence-corrected chi connectivity index (χ3v) is 5.34. The Hall–Kier alpha value is -3.82. The smallest absolute Gasteiger partial charge is 0.338 e. The maximum absolute atomic E-state index is 13.8. The van der Waals surface area contributed by atoms with Gasteiger partial charge in [-0.1, -0.05) is 12.1 Å². The van der Waals surface area contributed by atoms with E-state index in [4.69, 9.17) is 5.11 Å². The van der Waals surface area contributed by atoms with Gasteiger partial charge in [-0.2, -0.15) is 10.2 Å². The van der Waals surface area contributed by atoms with Crippen molar-refractivity contribution in [1.82, 2.24) is 29.5 Å². The first kappa shape index (κ1) is 18.2. The van der Waals surface area contributed by atoms with E-state index in [0.29, 0.717) is 22.5 Å². The number of H-pyrrole nitrogens is 1. The molecule has 0 bridgehead atoms. The minimum absolute atomic E-state index is 0.0195. The number of nitrogens with zero attached hydrogens (tertiary/aromatic N) is 5. The molecular weight excluding hydrogens is 391 g/mol. The largest absolute Gasteiger partial charge is 0.478 e. The fourth-order valence-electron chi connectivity index (χ4n) is 3.70. The summed E-state index contributed by atoms with van der Waals surface area (Å²) in [5, 5.41) is 17.4. The number of hydrogen-bond acceptors (Lipinski definition) is 5. The fourth-order valence-corrected chi connectivity index (χ4v) is 3.70. The predicted octanol–water partition coefficient (Wildman–Crippen LogP) is 2.45. The lowest BCUT2D eigenvalue weighted by molar-refractivity contribution is 0.0697. The summed E-state index contributed by atoms with van der Waals surface area (Å²) in [5.74, 6) is -0.997. The van der Waals surface area contributed by atoms with E-state index in [0.717, 1.165) is 18.4 Å². The number of aryl methyl sites for hydroxylation is 1. The van der Waals surface area contributed by atoms with Gasteiger partial charge in [-0.05, 0) is 42.9 Å². The molecule has 1 fully saturated rings. The van der Waals surface area contributed by atoms with E-state index in [1.165, 1.54) is 29.3 Å². The molecule has 9 nitrogen and oxygen atoms in total. The van der Waals surface area contributed by atoms with Gasteiger partial charge in [-0.25, -0.2) is 23.5 Å². The average Bonchev–Trinajstić information content (AvgIpc) is 3.24. The summed E-state index contributed by atoms with van der Waals surface area (Å²) in [6, 6.07) is 4.76. The first-order chi connectivity index (χ1) is 14.4. The van der Waals surface area contributed by atoms with Gasteiger partial charge in [0.05, 0.1) is 24.0 Å². The molecule has 1 aliphatic carbocycles. The fraction of sp³-hybridized carbons (Fsp3) is 0.250. The van der Waals surface area contributed by atoms with Crippen molar-refractivity contribution >= 4 is 17.0 Å². The Morgan fingerprint density at radius 2 is 2.10 bits per heavy atom. The highest BCUT2D eigenvalue weighted by atomic mass is 19.1. The van der Waals surface area contributed by atoms with Crippen molar-refractivity contribution in [2.45, 2.75) is 25.8 Å². The Labute approximate surface area is 168 Å². The molecule has 3 aromatic heterocycles. The number of aromatic amines is 1. The topological polar surface area (TPSA) is 119 Å². The zero-order valence-electron chi connectivity index (χ0n) is 15.9. The van der Waals surface area contributed by atoms with Crippen LogP contribution in [-0.4, -0.2) is 40.6 Å². The molecule has 2 N–H and O–H groups in total. The number of hydrogen-bond donors (Lipinski definition) is 2. The number of benzene rings is 1. The number of aromatic carboxylic acids is 1. The highest BCUT2D eigenvalue weighted by Crippen LogP contribution is 2.44. The molecule has 1 aliphatic rings. The third-order valence-electron chi connectivity index (χ3n) is 5.34. The summed E-state index contributed by atoms with van der Waals surface area (Å²) < 4.78 is 16.6. The number of fused-ring (bicyclic) bond motifs is 1. The van der Waals surface area contributed by atoms with E-state index in [-0.39, 0.29) is 23.4 Å². The molecule has 0 spiro atoms. The van der Waals surface area contributed by atoms with Crippen LogP contribution in [0.5, 0.6) is 0 Å². The van der Waals surface area contributed by atoms with Crippen LogP contribution in [0.1, 0.15) is 40.4 Å². The van der Waals surface area contributed by atoms with E-state index in [2.05, 4.69) is 20.2 Å². The van der Waals surface area contributed by atoms with Gasteiger partial charge < -0.3 is 5.11 Å². The first-order valence-electron chi connectivity index (χ1n) is 9.44. The lowest BCUT2D eigenvalue weighted by atomic mass is 10.00. The molecule has 0 saturated heterocycles. The molecule has 1 unspecified atom stereocenters. The predicted molar refractivity (Wildman–Crippen MR) is 104 cm³/mol. The summed E-state index contributed by atoms with van der Waals surface area (Å²) in [4.78, 5) is 31.0. The minimum Gasteiger partial charge on any atom is -0.478 e. The number of aromatic nitrogens is 6. The summed E-state index contributed by atoms with van der Waals surface area (Å²) in [6.07, 6.45) is 5.94. The molecule has 3 heterocycles. The molecule has 152 valence electrons. The van der Waals surface area contributed by atoms with E-state index in [1.807, 2.05) is 0 Å². The quantitative estimate of drug-likeness (QED) is 0.524. The van der Waals surface area contributed by atoms with Crippen LogP contribution >= 0.6 is 0 Å². The SMILES string of the molecule is Cc1cc(C(C2CC2)n2ncc3nc(-n4cc(C(=O)O)cn4)[nH]c(=O)c32)ccc1F. The van der Waals surface area contributed by atoms with Gasteiger partial charge >= 0.3 is 5.97 Å². The van der Waals surface area contributed by atoms with Crippen LogP contribution < -0.4 is 5.56 Å². The molecule has 30 heavy (non-hydrogen) atoms. The Balaban J connectivity index is 1.62. The van der Waals surface area contributed by atoms with E-state index >= 15 is 0 Å². The molecule has 5 rings (SSSR count). The zero-order valence-corrected chi connectivity index (χ0v) is 15.9. The standard InChI is InChI=1S/C20H17FN6O3/c1-10-6-12(4-5-14(10)21)16(11-2-3-11)27-17-15(8-23-27)24-20(25-18(17)28)26-9-13(7-22-26)19(29)30/h4-9,11,16H,2-3H2,1H3,(H,29,30)(H,24,25,28). The van der Waals surface area contributed by atoms with Crippen LogP contribution in [0, 0.1) is 18.7 Å². The Morgan fingerprint density at radius 1 is 1.30 bits per heavy atom. The molecule has 1 saturated carbocycles. The maximum Gasteiger partial charge on any atom is 0.338 e. The minimum atomic E-state index is -1.13. The highest BCUT2D eigenvalue weighted by molar-refractivity contribution is 5.87. The van der Waals surface area contributed by atoms with Crippen molar-refractivity contribution in [1.29, 1.82) is 0 Å². The Bertz CT molecular complexity index is 1350. The second-order valence-electron chi connectivity index (χ2n) is 7.48. The molecule has 10 heteroatoms. The van der Waals surface area contributed by atoms with Crippen molar-refractivity contribution in [2.24, 2.45) is 5.92 Å². The molecule has 0 amide bonds. The van der Waals surface area contributed by atoms with Gasteiger partial charge in [0.15, 0.2) is 5.52 Å². The van der Waals surface area contributed by atoms with Crippen molar-refractivity contribution in [2.75, 3.05) is 0 Å². The summed E-state index contributed by atoms with van der Waals surface area (Å²) in [6.45, 7) is 1.71. The second-order valence-corrected chi connectivity index (χ2v) is 7.48. The molecule has 1 atom stereocenters. The highest BCUT2D eigenvalue weighted by Gasteiger charge is 2.36. The summed E-state index contributed by atoms with van der Waals surface area (Å²) >= 11 is 0. The number of carbonyl (C=O) groups is 1. The average molecular weight is 408 g/mol. The van der Waals surface area contributed by atoms with Gasteiger partial charge in [-0.3, -0.25) is 9.78 Å². The van der Waals surface area contributed by atoms with Crippen molar-refractivity contribution in [3.63, 3.8) is 0 Å². The van der Waals surface area contributed by atoms with E-state index in [1.54, 1.807) is 23.7 Å². The van der Waals surface area contributed by atoms with Crippen LogP contribution in [0.4, 0.5) is 4.39 Å². The van der Waals surface area contributed by atoms with Gasteiger partial charge in [-0.15, -0.1) is 0 Å². The Kier molecular flexibility index (Phi) is 4.02. The number of carboxylic acids is 1. The van der Waals surface area contributed by atoms with Crippen LogP contribution in [0.25, 0.3) is 17.0 Å². The molecule has 4 aromatic rings. The monoisotopic (exact) mass is 408 g/mol. The van der Waals surface area contributed by atoms with Crippen LogP contribution in [-0.2, 0) is 0 Å². The van der Waals surface area contributed by atoms with Crippen molar-refractivity contribution in [3.8, 4) is 5.95 Å².